The quantitative estimate of drug-likeness (QED) is 0.166. The van der Waals surface area contributed by atoms with Crippen molar-refractivity contribution in [2.45, 2.75) is 18.3 Å². The first-order valence-electron chi connectivity index (χ1n) is 9.79. The number of rotatable bonds is 6. The van der Waals surface area contributed by atoms with Gasteiger partial charge in [0.05, 0.1) is 26.2 Å². The number of carbonyl (C=O) groups is 1. The Kier molecular flexibility index (Phi) is 8.97. The predicted molar refractivity (Wildman–Crippen MR) is 127 cm³/mol. The van der Waals surface area contributed by atoms with E-state index in [1.165, 1.54) is 0 Å². The highest BCUT2D eigenvalue weighted by Gasteiger charge is 2.41. The van der Waals surface area contributed by atoms with Gasteiger partial charge in [-0.05, 0) is 47.5 Å². The number of nitrogens with zero attached hydrogens (tertiary/aromatic N) is 3. The van der Waals surface area contributed by atoms with Crippen molar-refractivity contribution >= 4 is 64.1 Å². The summed E-state index contributed by atoms with van der Waals surface area (Å²) in [5.41, 5.74) is -0.0858. The van der Waals surface area contributed by atoms with Crippen LogP contribution in [-0.2, 0) is 6.18 Å². The molecule has 1 unspecified atom stereocenters. The second-order valence-electron chi connectivity index (χ2n) is 7.25. The minimum Gasteiger partial charge on any atom is -0.267 e. The highest BCUT2D eigenvalue weighted by molar-refractivity contribution is 6.48. The highest BCUT2D eigenvalue weighted by atomic mass is 35.5. The highest BCUT2D eigenvalue weighted by Crippen LogP contribution is 2.42. The van der Waals surface area contributed by atoms with Gasteiger partial charge in [-0.1, -0.05) is 40.9 Å². The third kappa shape index (κ3) is 7.16. The molecular weight excluding hydrogens is 613 g/mol. The zero-order valence-electron chi connectivity index (χ0n) is 18.0. The van der Waals surface area contributed by atoms with Crippen LogP contribution in [0.25, 0.3) is 5.83 Å². The summed E-state index contributed by atoms with van der Waals surface area (Å²) in [6.07, 6.45) is -9.28. The maximum absolute atomic E-state index is 14.9. The number of hydrogen-bond donors (Lipinski definition) is 2. The Morgan fingerprint density at radius 1 is 0.947 bits per heavy atom. The van der Waals surface area contributed by atoms with Gasteiger partial charge in [0.25, 0.3) is 5.91 Å². The molecule has 2 aromatic carbocycles. The van der Waals surface area contributed by atoms with E-state index in [2.05, 4.69) is 20.4 Å². The van der Waals surface area contributed by atoms with Crippen molar-refractivity contribution < 1.29 is 35.5 Å². The lowest BCUT2D eigenvalue weighted by Gasteiger charge is -2.19. The first kappa shape index (κ1) is 29.7. The molecule has 0 aliphatic rings. The molecule has 6 nitrogen and oxygen atoms in total. The van der Waals surface area contributed by atoms with Gasteiger partial charge < -0.3 is 0 Å². The number of allylic oxidation sites excluding steroid dienone is 1. The molecule has 3 aromatic rings. The molecule has 0 aliphatic carbocycles. The molecule has 0 saturated heterocycles. The molecule has 0 radical (unpaired) electrons. The topological polar surface area (TPSA) is 79.8 Å². The summed E-state index contributed by atoms with van der Waals surface area (Å²) < 4.78 is 97.3. The van der Waals surface area contributed by atoms with Crippen LogP contribution in [-0.4, -0.2) is 27.0 Å². The number of amides is 1. The fraction of sp³-hybridized carbons (Fsp3) is 0.143. The Labute approximate surface area is 228 Å². The molecule has 38 heavy (non-hydrogen) atoms. The van der Waals surface area contributed by atoms with Gasteiger partial charge in [-0.2, -0.15) is 36.3 Å². The average molecular weight is 623 g/mol. The van der Waals surface area contributed by atoms with Crippen LogP contribution in [0.3, 0.4) is 0 Å². The SMILES string of the molecule is O=C(NNc1ncnc(Cl)n1)c1ccc(/C(F)=C/C(c2cc(Cl)c(Cl)c(Cl)c2)C(F)(F)F)cc1C(F)(F)F. The summed E-state index contributed by atoms with van der Waals surface area (Å²) in [4.78, 5) is 23.0. The smallest absolute Gasteiger partial charge is 0.267 e. The lowest BCUT2D eigenvalue weighted by molar-refractivity contribution is -0.140. The Morgan fingerprint density at radius 3 is 2.13 bits per heavy atom. The molecule has 3 rings (SSSR count). The second-order valence-corrected chi connectivity index (χ2v) is 8.78. The fourth-order valence-corrected chi connectivity index (χ4v) is 3.76. The number of anilines is 1. The predicted octanol–water partition coefficient (Wildman–Crippen LogP) is 7.92. The van der Waals surface area contributed by atoms with E-state index in [9.17, 15) is 35.5 Å². The number of hydrazine groups is 1. The Balaban J connectivity index is 1.98. The van der Waals surface area contributed by atoms with Crippen molar-refractivity contribution in [1.82, 2.24) is 20.4 Å². The minimum atomic E-state index is -5.19. The largest absolute Gasteiger partial charge is 0.417 e. The third-order valence-electron chi connectivity index (χ3n) is 4.71. The van der Waals surface area contributed by atoms with Gasteiger partial charge in [0.15, 0.2) is 0 Å². The first-order valence-corrected chi connectivity index (χ1v) is 11.3. The van der Waals surface area contributed by atoms with Crippen molar-refractivity contribution in [3.8, 4) is 0 Å². The monoisotopic (exact) mass is 621 g/mol. The maximum atomic E-state index is 14.9. The number of benzene rings is 2. The van der Waals surface area contributed by atoms with Crippen LogP contribution in [0.15, 0.2) is 42.7 Å². The summed E-state index contributed by atoms with van der Waals surface area (Å²) in [7, 11) is 0. The Hall–Kier alpha value is -2.87. The van der Waals surface area contributed by atoms with Gasteiger partial charge >= 0.3 is 12.4 Å². The van der Waals surface area contributed by atoms with Crippen LogP contribution in [0.4, 0.5) is 36.7 Å². The van der Waals surface area contributed by atoms with Crippen molar-refractivity contribution in [3.63, 3.8) is 0 Å². The number of carbonyl (C=O) groups excluding carboxylic acids is 1. The van der Waals surface area contributed by atoms with Crippen molar-refractivity contribution in [1.29, 1.82) is 0 Å². The molecule has 0 aliphatic heterocycles. The van der Waals surface area contributed by atoms with Crippen LogP contribution in [0.2, 0.25) is 20.4 Å². The molecule has 17 heteroatoms. The van der Waals surface area contributed by atoms with E-state index in [1.54, 1.807) is 0 Å². The summed E-state index contributed by atoms with van der Waals surface area (Å²) >= 11 is 22.8. The molecule has 0 saturated carbocycles. The first-order chi connectivity index (χ1) is 17.6. The van der Waals surface area contributed by atoms with Crippen molar-refractivity contribution in [3.05, 3.63) is 85.3 Å². The van der Waals surface area contributed by atoms with Gasteiger partial charge in [0.1, 0.15) is 18.1 Å². The van der Waals surface area contributed by atoms with Crippen LogP contribution in [0.1, 0.15) is 33.0 Å². The molecule has 1 aromatic heterocycles. The van der Waals surface area contributed by atoms with Crippen LogP contribution < -0.4 is 10.9 Å². The minimum absolute atomic E-state index is 0.0528. The number of aromatic nitrogens is 3. The summed E-state index contributed by atoms with van der Waals surface area (Å²) in [5.74, 6) is -5.96. The van der Waals surface area contributed by atoms with Gasteiger partial charge in [0.2, 0.25) is 11.2 Å². The molecule has 1 atom stereocenters. The standard InChI is InChI=1S/C21H10Cl4F7N5O/c22-13-4-9(5-14(23)16(13)24)11(20(27,28)29)6-15(26)8-1-2-10(12(3-8)21(30,31)32)17(38)36-37-19-34-7-33-18(25)35-19/h1-7,11H,(H,36,38)(H,33,34,35,37)/b15-6-. The Bertz CT molecular complexity index is 1380. The number of halogens is 11. The lowest BCUT2D eigenvalue weighted by Crippen LogP contribution is -2.32. The molecular formula is C21H10Cl4F7N5O. The molecule has 2 N–H and O–H groups in total. The fourth-order valence-electron chi connectivity index (χ4n) is 3.02. The van der Waals surface area contributed by atoms with E-state index in [4.69, 9.17) is 46.4 Å². The summed E-state index contributed by atoms with van der Waals surface area (Å²) in [6, 6.07) is 3.08. The molecule has 1 amide bonds. The van der Waals surface area contributed by atoms with E-state index in [1.807, 2.05) is 5.43 Å². The van der Waals surface area contributed by atoms with E-state index < -0.39 is 52.3 Å². The second kappa shape index (κ2) is 11.5. The third-order valence-corrected chi connectivity index (χ3v) is 6.09. The van der Waals surface area contributed by atoms with E-state index >= 15 is 0 Å². The molecule has 202 valence electrons. The Morgan fingerprint density at radius 2 is 1.58 bits per heavy atom. The van der Waals surface area contributed by atoms with Gasteiger partial charge in [-0.15, -0.1) is 0 Å². The van der Waals surface area contributed by atoms with Crippen molar-refractivity contribution in [2.24, 2.45) is 0 Å². The number of nitrogens with one attached hydrogen (secondary N) is 2. The van der Waals surface area contributed by atoms with E-state index in [-0.39, 0.29) is 38.4 Å². The zero-order chi connectivity index (χ0) is 28.4. The van der Waals surface area contributed by atoms with Gasteiger partial charge in [-0.25, -0.2) is 9.37 Å². The summed E-state index contributed by atoms with van der Waals surface area (Å²) in [5, 5.41) is -1.21. The summed E-state index contributed by atoms with van der Waals surface area (Å²) in [6.45, 7) is 0. The molecule has 0 bridgehead atoms. The van der Waals surface area contributed by atoms with Gasteiger partial charge in [0, 0.05) is 5.56 Å². The molecule has 0 spiro atoms. The maximum Gasteiger partial charge on any atom is 0.417 e. The zero-order valence-corrected chi connectivity index (χ0v) is 21.1. The van der Waals surface area contributed by atoms with E-state index in [0.717, 1.165) is 18.5 Å². The van der Waals surface area contributed by atoms with Crippen molar-refractivity contribution in [2.75, 3.05) is 5.43 Å². The van der Waals surface area contributed by atoms with Crippen LogP contribution >= 0.6 is 46.4 Å². The normalized spacial score (nSPS) is 13.3. The lowest BCUT2D eigenvalue weighted by atomic mass is 9.95. The van der Waals surface area contributed by atoms with Crippen LogP contribution in [0.5, 0.6) is 0 Å². The van der Waals surface area contributed by atoms with Crippen LogP contribution in [0, 0.1) is 0 Å². The van der Waals surface area contributed by atoms with E-state index in [0.29, 0.717) is 12.1 Å². The number of hydrogen-bond acceptors (Lipinski definition) is 5. The number of alkyl halides is 6. The average Bonchev–Trinajstić information content (AvgIpc) is 2.82. The molecule has 0 fully saturated rings. The van der Waals surface area contributed by atoms with Gasteiger partial charge in [-0.3, -0.25) is 15.6 Å². The molecule has 1 heterocycles.